The number of halogens is 1. The van der Waals surface area contributed by atoms with Crippen LogP contribution >= 0.6 is 11.8 Å². The fourth-order valence-corrected chi connectivity index (χ4v) is 4.88. The van der Waals surface area contributed by atoms with E-state index in [-0.39, 0.29) is 17.1 Å². The van der Waals surface area contributed by atoms with E-state index in [1.165, 1.54) is 18.6 Å². The third-order valence-electron chi connectivity index (χ3n) is 5.55. The zero-order valence-electron chi connectivity index (χ0n) is 16.0. The first-order valence-corrected chi connectivity index (χ1v) is 10.7. The van der Waals surface area contributed by atoms with Gasteiger partial charge in [-0.15, -0.1) is 11.8 Å². The summed E-state index contributed by atoms with van der Waals surface area (Å²) in [7, 11) is 0. The minimum absolute atomic E-state index is 0.0406. The topological polar surface area (TPSA) is 55.1 Å². The summed E-state index contributed by atoms with van der Waals surface area (Å²) in [6, 6.07) is 6.79. The van der Waals surface area contributed by atoms with Gasteiger partial charge in [0.25, 0.3) is 0 Å². The first-order chi connectivity index (χ1) is 13.0. The molecule has 2 aromatic rings. The standard InChI is InChI=1S/C21H27FN2O2S/c1-15-19(16(2)26-24-15)12-27-13-20(25)23-14-21(10-4-3-5-11-21)17-6-8-18(22)9-7-17/h6-9H,3-5,10-14H2,1-2H3,(H,23,25). The Morgan fingerprint density at radius 3 is 2.56 bits per heavy atom. The van der Waals surface area contributed by atoms with Crippen LogP contribution in [-0.2, 0) is 16.0 Å². The van der Waals surface area contributed by atoms with Crippen molar-refractivity contribution >= 4 is 17.7 Å². The zero-order valence-corrected chi connectivity index (χ0v) is 16.8. The zero-order chi connectivity index (χ0) is 19.3. The summed E-state index contributed by atoms with van der Waals surface area (Å²) in [6.45, 7) is 4.43. The van der Waals surface area contributed by atoms with E-state index in [2.05, 4.69) is 10.5 Å². The molecule has 1 N–H and O–H groups in total. The molecule has 1 heterocycles. The third-order valence-corrected chi connectivity index (χ3v) is 6.51. The normalized spacial score (nSPS) is 16.3. The highest BCUT2D eigenvalue weighted by Gasteiger charge is 2.34. The highest BCUT2D eigenvalue weighted by molar-refractivity contribution is 7.99. The van der Waals surface area contributed by atoms with Crippen LogP contribution in [0.15, 0.2) is 28.8 Å². The van der Waals surface area contributed by atoms with Gasteiger partial charge in [0.1, 0.15) is 11.6 Å². The van der Waals surface area contributed by atoms with E-state index in [1.54, 1.807) is 11.8 Å². The van der Waals surface area contributed by atoms with E-state index in [9.17, 15) is 9.18 Å². The van der Waals surface area contributed by atoms with Crippen LogP contribution in [0.3, 0.4) is 0 Å². The van der Waals surface area contributed by atoms with Crippen LogP contribution in [0.2, 0.25) is 0 Å². The van der Waals surface area contributed by atoms with Crippen molar-refractivity contribution in [2.75, 3.05) is 12.3 Å². The molecular weight excluding hydrogens is 363 g/mol. The average molecular weight is 391 g/mol. The SMILES string of the molecule is Cc1noc(C)c1CSCC(=O)NCC1(c2ccc(F)cc2)CCCCC1. The lowest BCUT2D eigenvalue weighted by atomic mass is 9.69. The van der Waals surface area contributed by atoms with Crippen molar-refractivity contribution in [3.8, 4) is 0 Å². The Hall–Kier alpha value is -1.82. The predicted molar refractivity (Wildman–Crippen MR) is 106 cm³/mol. The fraction of sp³-hybridized carbons (Fsp3) is 0.524. The number of nitrogens with zero attached hydrogens (tertiary/aromatic N) is 1. The maximum atomic E-state index is 13.3. The molecule has 6 heteroatoms. The quantitative estimate of drug-likeness (QED) is 0.746. The second-order valence-corrected chi connectivity index (χ2v) is 8.41. The minimum Gasteiger partial charge on any atom is -0.361 e. The smallest absolute Gasteiger partial charge is 0.230 e. The largest absolute Gasteiger partial charge is 0.361 e. The highest BCUT2D eigenvalue weighted by atomic mass is 32.2. The molecule has 0 radical (unpaired) electrons. The lowest BCUT2D eigenvalue weighted by Crippen LogP contribution is -2.42. The number of amides is 1. The van der Waals surface area contributed by atoms with Crippen molar-refractivity contribution in [1.82, 2.24) is 10.5 Å². The number of rotatable bonds is 7. The van der Waals surface area contributed by atoms with Gasteiger partial charge in [-0.05, 0) is 44.4 Å². The molecule has 1 fully saturated rings. The van der Waals surface area contributed by atoms with Crippen LogP contribution in [0.25, 0.3) is 0 Å². The molecule has 0 atom stereocenters. The Balaban J connectivity index is 1.55. The minimum atomic E-state index is -0.218. The Morgan fingerprint density at radius 2 is 1.93 bits per heavy atom. The number of nitrogens with one attached hydrogen (secondary N) is 1. The number of thioether (sulfide) groups is 1. The van der Waals surface area contributed by atoms with Gasteiger partial charge in [-0.25, -0.2) is 4.39 Å². The van der Waals surface area contributed by atoms with Crippen molar-refractivity contribution in [3.63, 3.8) is 0 Å². The van der Waals surface area contributed by atoms with Crippen LogP contribution in [-0.4, -0.2) is 23.4 Å². The monoisotopic (exact) mass is 390 g/mol. The van der Waals surface area contributed by atoms with Gasteiger partial charge in [-0.1, -0.05) is 36.6 Å². The van der Waals surface area contributed by atoms with Gasteiger partial charge in [-0.2, -0.15) is 0 Å². The molecule has 0 saturated heterocycles. The summed E-state index contributed by atoms with van der Waals surface area (Å²) in [6.07, 6.45) is 5.59. The molecule has 0 spiro atoms. The molecule has 0 unspecified atom stereocenters. The van der Waals surface area contributed by atoms with Crippen LogP contribution in [0.4, 0.5) is 4.39 Å². The van der Waals surface area contributed by atoms with Crippen LogP contribution in [0, 0.1) is 19.7 Å². The molecule has 27 heavy (non-hydrogen) atoms. The first kappa shape index (κ1) is 19.9. The lowest BCUT2D eigenvalue weighted by molar-refractivity contribution is -0.118. The number of aromatic nitrogens is 1. The molecular formula is C21H27FN2O2S. The van der Waals surface area contributed by atoms with Crippen LogP contribution in [0.5, 0.6) is 0 Å². The summed E-state index contributed by atoms with van der Waals surface area (Å²) < 4.78 is 18.5. The molecule has 0 aliphatic heterocycles. The van der Waals surface area contributed by atoms with Crippen LogP contribution in [0.1, 0.15) is 54.7 Å². The van der Waals surface area contributed by atoms with E-state index in [0.29, 0.717) is 12.3 Å². The van der Waals surface area contributed by atoms with Crippen molar-refractivity contribution in [1.29, 1.82) is 0 Å². The summed E-state index contributed by atoms with van der Waals surface area (Å²) >= 11 is 1.57. The van der Waals surface area contributed by atoms with Crippen molar-refractivity contribution in [2.24, 2.45) is 0 Å². The van der Waals surface area contributed by atoms with Gasteiger partial charge >= 0.3 is 0 Å². The molecule has 1 aliphatic rings. The Morgan fingerprint density at radius 1 is 1.22 bits per heavy atom. The summed E-state index contributed by atoms with van der Waals surface area (Å²) in [4.78, 5) is 12.4. The van der Waals surface area contributed by atoms with Crippen LogP contribution < -0.4 is 5.32 Å². The van der Waals surface area contributed by atoms with E-state index < -0.39 is 0 Å². The Labute approximate surface area is 164 Å². The molecule has 3 rings (SSSR count). The van der Waals surface area contributed by atoms with E-state index in [0.717, 1.165) is 54.0 Å². The Kier molecular flexibility index (Phi) is 6.58. The average Bonchev–Trinajstić information content (AvgIpc) is 3.00. The molecule has 1 aromatic heterocycles. The lowest BCUT2D eigenvalue weighted by Gasteiger charge is -2.38. The second-order valence-electron chi connectivity index (χ2n) is 7.42. The van der Waals surface area contributed by atoms with Gasteiger partial charge in [-0.3, -0.25) is 4.79 Å². The Bertz CT molecular complexity index is 747. The number of hydrogen-bond donors (Lipinski definition) is 1. The number of aryl methyl sites for hydroxylation is 2. The third kappa shape index (κ3) is 4.92. The predicted octanol–water partition coefficient (Wildman–Crippen LogP) is 4.68. The first-order valence-electron chi connectivity index (χ1n) is 9.52. The van der Waals surface area contributed by atoms with E-state index >= 15 is 0 Å². The maximum Gasteiger partial charge on any atom is 0.230 e. The molecule has 4 nitrogen and oxygen atoms in total. The molecule has 146 valence electrons. The molecule has 1 aromatic carbocycles. The molecule has 1 amide bonds. The van der Waals surface area contributed by atoms with Gasteiger partial charge in [0.15, 0.2) is 0 Å². The second kappa shape index (κ2) is 8.91. The highest BCUT2D eigenvalue weighted by Crippen LogP contribution is 2.39. The summed E-state index contributed by atoms with van der Waals surface area (Å²) in [5, 5.41) is 7.07. The number of hydrogen-bond acceptors (Lipinski definition) is 4. The van der Waals surface area contributed by atoms with Crippen molar-refractivity contribution in [3.05, 3.63) is 52.7 Å². The fourth-order valence-electron chi connectivity index (χ4n) is 3.87. The maximum absolute atomic E-state index is 13.3. The number of carbonyl (C=O) groups excluding carboxylic acids is 1. The number of benzene rings is 1. The molecule has 0 bridgehead atoms. The molecule has 1 aliphatic carbocycles. The van der Waals surface area contributed by atoms with Gasteiger partial charge in [0, 0.05) is 23.3 Å². The number of carbonyl (C=O) groups is 1. The van der Waals surface area contributed by atoms with Gasteiger partial charge in [0.05, 0.1) is 11.4 Å². The summed E-state index contributed by atoms with van der Waals surface area (Å²) in [5.41, 5.74) is 3.02. The molecule has 1 saturated carbocycles. The van der Waals surface area contributed by atoms with Gasteiger partial charge < -0.3 is 9.84 Å². The van der Waals surface area contributed by atoms with E-state index in [4.69, 9.17) is 4.52 Å². The van der Waals surface area contributed by atoms with Gasteiger partial charge in [0.2, 0.25) is 5.91 Å². The van der Waals surface area contributed by atoms with Crippen molar-refractivity contribution < 1.29 is 13.7 Å². The summed E-state index contributed by atoms with van der Waals surface area (Å²) in [5.74, 6) is 1.77. The van der Waals surface area contributed by atoms with E-state index in [1.807, 2.05) is 26.0 Å². The van der Waals surface area contributed by atoms with Crippen molar-refractivity contribution in [2.45, 2.75) is 57.1 Å².